The lowest BCUT2D eigenvalue weighted by atomic mass is 10.00. The summed E-state index contributed by atoms with van der Waals surface area (Å²) in [4.78, 5) is 0. The Kier molecular flexibility index (Phi) is 2.95. The average Bonchev–Trinajstić information content (AvgIpc) is 2.42. The van der Waals surface area contributed by atoms with Gasteiger partial charge < -0.3 is 15.3 Å². The van der Waals surface area contributed by atoms with E-state index in [4.69, 9.17) is 0 Å². The Balaban J connectivity index is 2.01. The second kappa shape index (κ2) is 4.78. The van der Waals surface area contributed by atoms with Crippen LogP contribution in [0.1, 0.15) is 11.1 Å². The van der Waals surface area contributed by atoms with Crippen molar-refractivity contribution in [2.24, 2.45) is 0 Å². The first-order valence-electron chi connectivity index (χ1n) is 6.34. The van der Waals surface area contributed by atoms with Crippen molar-refractivity contribution < 1.29 is 15.3 Å². The van der Waals surface area contributed by atoms with E-state index in [1.54, 1.807) is 30.3 Å². The number of fused-ring (bicyclic) bond motifs is 1. The fraction of sp³-hybridized carbons (Fsp3) is 0.0588. The second-order valence-electron chi connectivity index (χ2n) is 4.86. The average molecular weight is 266 g/mol. The molecule has 0 aliphatic rings. The second-order valence-corrected chi connectivity index (χ2v) is 4.86. The maximum absolute atomic E-state index is 10.1. The smallest absolute Gasteiger partial charge is 0.119 e. The summed E-state index contributed by atoms with van der Waals surface area (Å²) in [6, 6.07) is 15.6. The molecule has 0 aromatic heterocycles. The molecule has 0 amide bonds. The lowest BCUT2D eigenvalue weighted by Gasteiger charge is -2.08. The third kappa shape index (κ3) is 2.38. The summed E-state index contributed by atoms with van der Waals surface area (Å²) in [5.74, 6) is 0.617. The van der Waals surface area contributed by atoms with E-state index in [1.807, 2.05) is 24.3 Å². The molecule has 0 aliphatic heterocycles. The van der Waals surface area contributed by atoms with Crippen molar-refractivity contribution in [1.29, 1.82) is 0 Å². The van der Waals surface area contributed by atoms with Crippen LogP contribution in [0.15, 0.2) is 54.6 Å². The molecule has 0 atom stereocenters. The first-order valence-corrected chi connectivity index (χ1v) is 6.34. The van der Waals surface area contributed by atoms with Gasteiger partial charge in [0.2, 0.25) is 0 Å². The maximum Gasteiger partial charge on any atom is 0.119 e. The number of aromatic hydroxyl groups is 3. The SMILES string of the molecule is Oc1ccc(Cc2cc3ccc(O)cc3cc2O)cc1. The quantitative estimate of drug-likeness (QED) is 0.664. The van der Waals surface area contributed by atoms with Crippen LogP contribution in [0.2, 0.25) is 0 Å². The molecule has 3 N–H and O–H groups in total. The van der Waals surface area contributed by atoms with E-state index in [1.165, 1.54) is 0 Å². The van der Waals surface area contributed by atoms with E-state index in [-0.39, 0.29) is 17.2 Å². The van der Waals surface area contributed by atoms with Crippen molar-refractivity contribution in [1.82, 2.24) is 0 Å². The minimum absolute atomic E-state index is 0.184. The van der Waals surface area contributed by atoms with Gasteiger partial charge in [-0.05, 0) is 58.3 Å². The minimum Gasteiger partial charge on any atom is -0.508 e. The molecule has 0 bridgehead atoms. The number of hydrogen-bond donors (Lipinski definition) is 3. The third-order valence-corrected chi connectivity index (χ3v) is 3.35. The first-order chi connectivity index (χ1) is 9.61. The molecule has 0 spiro atoms. The highest BCUT2D eigenvalue weighted by Crippen LogP contribution is 2.29. The Morgan fingerprint density at radius 1 is 0.650 bits per heavy atom. The van der Waals surface area contributed by atoms with Crippen LogP contribution in [-0.4, -0.2) is 15.3 Å². The Morgan fingerprint density at radius 3 is 2.10 bits per heavy atom. The van der Waals surface area contributed by atoms with Gasteiger partial charge in [0.1, 0.15) is 17.2 Å². The van der Waals surface area contributed by atoms with Crippen molar-refractivity contribution in [3.8, 4) is 17.2 Å². The van der Waals surface area contributed by atoms with Crippen LogP contribution in [0.25, 0.3) is 10.8 Å². The topological polar surface area (TPSA) is 60.7 Å². The first kappa shape index (κ1) is 12.4. The number of phenols is 3. The van der Waals surface area contributed by atoms with Crippen molar-refractivity contribution in [3.05, 3.63) is 65.7 Å². The number of hydrogen-bond acceptors (Lipinski definition) is 3. The predicted molar refractivity (Wildman–Crippen MR) is 78.2 cm³/mol. The molecule has 0 radical (unpaired) electrons. The minimum atomic E-state index is 0.184. The lowest BCUT2D eigenvalue weighted by molar-refractivity contribution is 0.470. The van der Waals surface area contributed by atoms with Crippen molar-refractivity contribution in [2.45, 2.75) is 6.42 Å². The summed E-state index contributed by atoms with van der Waals surface area (Å²) < 4.78 is 0. The molecular formula is C17H14O3. The van der Waals surface area contributed by atoms with E-state index < -0.39 is 0 Å². The Morgan fingerprint density at radius 2 is 1.35 bits per heavy atom. The Bertz CT molecular complexity index is 761. The molecule has 3 aromatic rings. The summed E-state index contributed by atoms with van der Waals surface area (Å²) in [5, 5.41) is 30.6. The van der Waals surface area contributed by atoms with Crippen LogP contribution < -0.4 is 0 Å². The van der Waals surface area contributed by atoms with Crippen molar-refractivity contribution in [2.75, 3.05) is 0 Å². The van der Waals surface area contributed by atoms with Gasteiger partial charge >= 0.3 is 0 Å². The van der Waals surface area contributed by atoms with Crippen LogP contribution in [0.3, 0.4) is 0 Å². The van der Waals surface area contributed by atoms with Crippen molar-refractivity contribution >= 4 is 10.8 Å². The normalized spacial score (nSPS) is 10.8. The number of phenolic OH excluding ortho intramolecular Hbond substituents is 3. The third-order valence-electron chi connectivity index (χ3n) is 3.35. The predicted octanol–water partition coefficient (Wildman–Crippen LogP) is 3.55. The van der Waals surface area contributed by atoms with Gasteiger partial charge in [-0.3, -0.25) is 0 Å². The summed E-state index contributed by atoms with van der Waals surface area (Å²) in [7, 11) is 0. The molecule has 3 nitrogen and oxygen atoms in total. The number of rotatable bonds is 2. The van der Waals surface area contributed by atoms with E-state index in [2.05, 4.69) is 0 Å². The maximum atomic E-state index is 10.1. The summed E-state index contributed by atoms with van der Waals surface area (Å²) in [6.45, 7) is 0. The van der Waals surface area contributed by atoms with Gasteiger partial charge in [-0.2, -0.15) is 0 Å². The van der Waals surface area contributed by atoms with Gasteiger partial charge in [-0.15, -0.1) is 0 Å². The molecule has 3 heteroatoms. The molecule has 0 saturated carbocycles. The van der Waals surface area contributed by atoms with Gasteiger partial charge in [0.25, 0.3) is 0 Å². The fourth-order valence-corrected chi connectivity index (χ4v) is 2.30. The highest BCUT2D eigenvalue weighted by molar-refractivity contribution is 5.86. The van der Waals surface area contributed by atoms with E-state index in [9.17, 15) is 15.3 Å². The summed E-state index contributed by atoms with van der Waals surface area (Å²) in [5.41, 5.74) is 1.82. The zero-order valence-electron chi connectivity index (χ0n) is 10.7. The zero-order valence-corrected chi connectivity index (χ0v) is 10.7. The molecule has 0 aliphatic carbocycles. The monoisotopic (exact) mass is 266 g/mol. The molecular weight excluding hydrogens is 252 g/mol. The molecule has 0 fully saturated rings. The fourth-order valence-electron chi connectivity index (χ4n) is 2.30. The van der Waals surface area contributed by atoms with Crippen LogP contribution in [0.5, 0.6) is 17.2 Å². The Hall–Kier alpha value is -2.68. The molecule has 0 heterocycles. The largest absolute Gasteiger partial charge is 0.508 e. The molecule has 0 saturated heterocycles. The summed E-state index contributed by atoms with van der Waals surface area (Å²) >= 11 is 0. The van der Waals surface area contributed by atoms with Crippen LogP contribution in [0, 0.1) is 0 Å². The Labute approximate surface area is 116 Å². The van der Waals surface area contributed by atoms with Gasteiger partial charge in [-0.25, -0.2) is 0 Å². The molecule has 0 unspecified atom stereocenters. The lowest BCUT2D eigenvalue weighted by Crippen LogP contribution is -1.89. The van der Waals surface area contributed by atoms with E-state index in [0.717, 1.165) is 21.9 Å². The zero-order chi connectivity index (χ0) is 14.1. The standard InChI is InChI=1S/C17H14O3/c18-15-4-1-11(2-5-15)7-14-8-12-3-6-16(19)9-13(12)10-17(14)20/h1-6,8-10,18-20H,7H2. The van der Waals surface area contributed by atoms with Crippen LogP contribution in [-0.2, 0) is 6.42 Å². The van der Waals surface area contributed by atoms with Gasteiger partial charge in [0.15, 0.2) is 0 Å². The van der Waals surface area contributed by atoms with Crippen molar-refractivity contribution in [3.63, 3.8) is 0 Å². The molecule has 20 heavy (non-hydrogen) atoms. The van der Waals surface area contributed by atoms with Gasteiger partial charge in [0, 0.05) is 6.42 Å². The summed E-state index contributed by atoms with van der Waals surface area (Å²) in [6.07, 6.45) is 0.586. The molecule has 3 aromatic carbocycles. The number of benzene rings is 3. The van der Waals surface area contributed by atoms with E-state index >= 15 is 0 Å². The molecule has 100 valence electrons. The highest BCUT2D eigenvalue weighted by Gasteiger charge is 2.06. The van der Waals surface area contributed by atoms with E-state index in [0.29, 0.717) is 6.42 Å². The van der Waals surface area contributed by atoms with Crippen LogP contribution >= 0.6 is 0 Å². The molecule has 3 rings (SSSR count). The van der Waals surface area contributed by atoms with Gasteiger partial charge in [0.05, 0.1) is 0 Å². The van der Waals surface area contributed by atoms with Gasteiger partial charge in [-0.1, -0.05) is 18.2 Å². The van der Waals surface area contributed by atoms with Crippen LogP contribution in [0.4, 0.5) is 0 Å². The highest BCUT2D eigenvalue weighted by atomic mass is 16.3.